The molecule has 8 heteroatoms. The quantitative estimate of drug-likeness (QED) is 0.815. The van der Waals surface area contributed by atoms with Crippen molar-refractivity contribution >= 4 is 11.8 Å². The first-order valence-electron chi connectivity index (χ1n) is 9.28. The number of β-amino-alcohol motifs (C(OH)–C–C–N with tert-alkyl or cyclic N) is 1. The zero-order valence-electron chi connectivity index (χ0n) is 15.8. The van der Waals surface area contributed by atoms with E-state index >= 15 is 0 Å². The van der Waals surface area contributed by atoms with Gasteiger partial charge in [-0.3, -0.25) is 14.6 Å². The fourth-order valence-electron chi connectivity index (χ4n) is 3.61. The van der Waals surface area contributed by atoms with Crippen LogP contribution in [0.25, 0.3) is 0 Å². The summed E-state index contributed by atoms with van der Waals surface area (Å²) < 4.78 is 11.7. The van der Waals surface area contributed by atoms with Crippen LogP contribution in [0.1, 0.15) is 29.6 Å². The SMILES string of the molecule is CN(C)C(=O)C[C@H]1CC[C@H]2[C@@H](COC[C@@H](O)CN2C(=O)c2ccncc2)O1. The van der Waals surface area contributed by atoms with Gasteiger partial charge in [0.2, 0.25) is 5.91 Å². The molecular weight excluding hydrogens is 350 g/mol. The summed E-state index contributed by atoms with van der Waals surface area (Å²) in [6, 6.07) is 3.13. The van der Waals surface area contributed by atoms with Crippen LogP contribution in [-0.2, 0) is 14.3 Å². The maximum absolute atomic E-state index is 13.0. The van der Waals surface area contributed by atoms with E-state index in [1.165, 1.54) is 0 Å². The van der Waals surface area contributed by atoms with Crippen LogP contribution in [0.3, 0.4) is 0 Å². The number of aliphatic hydroxyl groups is 1. The molecule has 3 rings (SSSR count). The molecule has 0 spiro atoms. The van der Waals surface area contributed by atoms with E-state index in [2.05, 4.69) is 4.98 Å². The van der Waals surface area contributed by atoms with Gasteiger partial charge in [0.25, 0.3) is 5.91 Å². The molecule has 0 aromatic carbocycles. The van der Waals surface area contributed by atoms with E-state index in [1.54, 1.807) is 48.4 Å². The van der Waals surface area contributed by atoms with E-state index in [9.17, 15) is 14.7 Å². The third kappa shape index (κ3) is 4.82. The number of nitrogens with zero attached hydrogens (tertiary/aromatic N) is 3. The number of hydrogen-bond acceptors (Lipinski definition) is 6. The van der Waals surface area contributed by atoms with Gasteiger partial charge in [0.15, 0.2) is 0 Å². The fraction of sp³-hybridized carbons (Fsp3) is 0.632. The Morgan fingerprint density at radius 2 is 2.00 bits per heavy atom. The average Bonchev–Trinajstić information content (AvgIpc) is 2.65. The molecule has 27 heavy (non-hydrogen) atoms. The predicted molar refractivity (Wildman–Crippen MR) is 97.1 cm³/mol. The van der Waals surface area contributed by atoms with Crippen molar-refractivity contribution in [2.45, 2.75) is 43.6 Å². The average molecular weight is 377 g/mol. The van der Waals surface area contributed by atoms with E-state index in [4.69, 9.17) is 9.47 Å². The Hall–Kier alpha value is -2.03. The Morgan fingerprint density at radius 1 is 1.26 bits per heavy atom. The Bertz CT molecular complexity index is 654. The number of rotatable bonds is 3. The number of pyridine rings is 1. The van der Waals surface area contributed by atoms with Gasteiger partial charge in [0.05, 0.1) is 37.9 Å². The number of aromatic nitrogens is 1. The summed E-state index contributed by atoms with van der Waals surface area (Å²) in [5.41, 5.74) is 0.530. The summed E-state index contributed by atoms with van der Waals surface area (Å²) in [4.78, 5) is 32.3. The molecule has 148 valence electrons. The normalized spacial score (nSPS) is 28.6. The molecule has 1 N–H and O–H groups in total. The third-order valence-corrected chi connectivity index (χ3v) is 5.07. The summed E-state index contributed by atoms with van der Waals surface area (Å²) >= 11 is 0. The van der Waals surface area contributed by atoms with Gasteiger partial charge in [-0.05, 0) is 25.0 Å². The molecule has 0 saturated carbocycles. The highest BCUT2D eigenvalue weighted by Gasteiger charge is 2.40. The van der Waals surface area contributed by atoms with Gasteiger partial charge in [0.1, 0.15) is 6.10 Å². The van der Waals surface area contributed by atoms with Crippen LogP contribution in [0.5, 0.6) is 0 Å². The lowest BCUT2D eigenvalue weighted by Crippen LogP contribution is -2.57. The first-order chi connectivity index (χ1) is 13.0. The standard InChI is InChI=1S/C19H27N3O5/c1-21(2)18(24)9-15-3-4-16-17(27-15)12-26-11-14(23)10-22(16)19(25)13-5-7-20-8-6-13/h5-8,14-17,23H,3-4,9-12H2,1-2H3/t14-,15+,16-,17+/m0/s1. The van der Waals surface area contributed by atoms with Crippen LogP contribution < -0.4 is 0 Å². The van der Waals surface area contributed by atoms with Gasteiger partial charge in [-0.2, -0.15) is 0 Å². The molecule has 8 nitrogen and oxygen atoms in total. The van der Waals surface area contributed by atoms with Gasteiger partial charge >= 0.3 is 0 Å². The van der Waals surface area contributed by atoms with Crippen molar-refractivity contribution in [2.75, 3.05) is 33.9 Å². The van der Waals surface area contributed by atoms with Crippen molar-refractivity contribution in [1.29, 1.82) is 0 Å². The van der Waals surface area contributed by atoms with E-state index in [1.807, 2.05) is 0 Å². The molecule has 2 amide bonds. The molecule has 2 aliphatic rings. The lowest BCUT2D eigenvalue weighted by atomic mass is 9.94. The highest BCUT2D eigenvalue weighted by Crippen LogP contribution is 2.29. The number of fused-ring (bicyclic) bond motifs is 1. The summed E-state index contributed by atoms with van der Waals surface area (Å²) in [6.07, 6.45) is 3.59. The van der Waals surface area contributed by atoms with Crippen molar-refractivity contribution in [1.82, 2.24) is 14.8 Å². The second-order valence-electron chi connectivity index (χ2n) is 7.32. The molecule has 4 atom stereocenters. The van der Waals surface area contributed by atoms with Crippen molar-refractivity contribution < 1.29 is 24.2 Å². The molecule has 2 fully saturated rings. The van der Waals surface area contributed by atoms with E-state index in [-0.39, 0.29) is 49.8 Å². The minimum atomic E-state index is -0.746. The summed E-state index contributed by atoms with van der Waals surface area (Å²) in [5, 5.41) is 10.2. The molecule has 0 unspecified atom stereocenters. The van der Waals surface area contributed by atoms with Crippen LogP contribution >= 0.6 is 0 Å². The molecular formula is C19H27N3O5. The predicted octanol–water partition coefficient (Wildman–Crippen LogP) is 0.309. The van der Waals surface area contributed by atoms with Crippen LogP contribution in [0, 0.1) is 0 Å². The highest BCUT2D eigenvalue weighted by molar-refractivity contribution is 5.94. The van der Waals surface area contributed by atoms with E-state index in [0.717, 1.165) is 0 Å². The summed E-state index contributed by atoms with van der Waals surface area (Å²) in [5.74, 6) is -0.134. The zero-order valence-corrected chi connectivity index (χ0v) is 15.8. The smallest absolute Gasteiger partial charge is 0.254 e. The lowest BCUT2D eigenvalue weighted by Gasteiger charge is -2.44. The number of hydrogen-bond donors (Lipinski definition) is 1. The van der Waals surface area contributed by atoms with Gasteiger partial charge < -0.3 is 24.4 Å². The van der Waals surface area contributed by atoms with Gasteiger partial charge in [-0.15, -0.1) is 0 Å². The number of aliphatic hydroxyl groups excluding tert-OH is 1. The van der Waals surface area contributed by atoms with Crippen LogP contribution in [-0.4, -0.2) is 89.9 Å². The lowest BCUT2D eigenvalue weighted by molar-refractivity contribution is -0.154. The minimum absolute atomic E-state index is 0.0188. The zero-order chi connectivity index (χ0) is 19.4. The van der Waals surface area contributed by atoms with Crippen molar-refractivity contribution in [3.05, 3.63) is 30.1 Å². The molecule has 1 aromatic rings. The second-order valence-corrected chi connectivity index (χ2v) is 7.32. The molecule has 0 bridgehead atoms. The Balaban J connectivity index is 1.76. The summed E-state index contributed by atoms with van der Waals surface area (Å²) in [7, 11) is 3.45. The number of amides is 2. The van der Waals surface area contributed by atoms with Gasteiger partial charge in [0, 0.05) is 38.6 Å². The van der Waals surface area contributed by atoms with E-state index < -0.39 is 6.10 Å². The Morgan fingerprint density at radius 3 is 2.70 bits per heavy atom. The first kappa shape index (κ1) is 19.7. The highest BCUT2D eigenvalue weighted by atomic mass is 16.5. The maximum Gasteiger partial charge on any atom is 0.254 e. The molecule has 2 saturated heterocycles. The fourth-order valence-corrected chi connectivity index (χ4v) is 3.61. The third-order valence-electron chi connectivity index (χ3n) is 5.07. The van der Waals surface area contributed by atoms with Gasteiger partial charge in [-0.25, -0.2) is 0 Å². The van der Waals surface area contributed by atoms with Gasteiger partial charge in [-0.1, -0.05) is 0 Å². The maximum atomic E-state index is 13.0. The van der Waals surface area contributed by atoms with Crippen molar-refractivity contribution in [3.63, 3.8) is 0 Å². The van der Waals surface area contributed by atoms with Crippen LogP contribution in [0.2, 0.25) is 0 Å². The Labute approximate surface area is 159 Å². The van der Waals surface area contributed by atoms with E-state index in [0.29, 0.717) is 24.8 Å². The number of carbonyl (C=O) groups excluding carboxylic acids is 2. The van der Waals surface area contributed by atoms with Crippen LogP contribution in [0.4, 0.5) is 0 Å². The number of carbonyl (C=O) groups is 2. The van der Waals surface area contributed by atoms with Crippen molar-refractivity contribution in [3.8, 4) is 0 Å². The van der Waals surface area contributed by atoms with Crippen molar-refractivity contribution in [2.24, 2.45) is 0 Å². The number of ether oxygens (including phenoxy) is 2. The van der Waals surface area contributed by atoms with Crippen LogP contribution in [0.15, 0.2) is 24.5 Å². The molecule has 3 heterocycles. The molecule has 0 radical (unpaired) electrons. The first-order valence-corrected chi connectivity index (χ1v) is 9.28. The largest absolute Gasteiger partial charge is 0.389 e. The molecule has 2 aliphatic heterocycles. The molecule has 0 aliphatic carbocycles. The topological polar surface area (TPSA) is 92.2 Å². The monoisotopic (exact) mass is 377 g/mol. The summed E-state index contributed by atoms with van der Waals surface area (Å²) in [6.45, 7) is 0.621. The molecule has 1 aromatic heterocycles. The Kier molecular flexibility index (Phi) is 6.41. The minimum Gasteiger partial charge on any atom is -0.389 e. The second kappa shape index (κ2) is 8.77.